The summed E-state index contributed by atoms with van der Waals surface area (Å²) >= 11 is 0. The first-order chi connectivity index (χ1) is 13.5. The maximum Gasteiger partial charge on any atom is 1.00 e. The Bertz CT molecular complexity index is 847. The molecule has 156 valence electrons. The van der Waals surface area contributed by atoms with Gasteiger partial charge in [0.1, 0.15) is 10.1 Å². The SMILES string of the molecule is CCCCCCCc1ccc2c(CCCCCCC)ccc(S(=O)(=O)[O-])c2c1.[Na+]. The van der Waals surface area contributed by atoms with E-state index >= 15 is 0 Å². The van der Waals surface area contributed by atoms with Crippen molar-refractivity contribution in [1.29, 1.82) is 0 Å². The summed E-state index contributed by atoms with van der Waals surface area (Å²) in [6.45, 7) is 4.41. The molecule has 0 amide bonds. The molecule has 0 N–H and O–H groups in total. The van der Waals surface area contributed by atoms with Gasteiger partial charge in [0.05, 0.1) is 4.90 Å². The van der Waals surface area contributed by atoms with Gasteiger partial charge in [0, 0.05) is 0 Å². The van der Waals surface area contributed by atoms with Gasteiger partial charge >= 0.3 is 29.6 Å². The van der Waals surface area contributed by atoms with Crippen LogP contribution in [-0.2, 0) is 23.0 Å². The standard InChI is InChI=1S/C24H36O3S.Na/c1-3-5-7-9-11-13-20-15-17-22-21(14-12-10-8-6-4-2)16-18-24(23(22)19-20)28(25,26)27;/h15-19H,3-14H2,1-2H3,(H,25,26,27);/q;+1/p-1. The maximum absolute atomic E-state index is 11.8. The molecule has 0 heterocycles. The molecule has 2 aromatic rings. The molecule has 0 aliphatic carbocycles. The Kier molecular flexibility index (Phi) is 12.7. The van der Waals surface area contributed by atoms with Crippen LogP contribution in [0.2, 0.25) is 0 Å². The van der Waals surface area contributed by atoms with E-state index in [1.807, 2.05) is 18.2 Å². The molecule has 0 aliphatic rings. The van der Waals surface area contributed by atoms with Gasteiger partial charge in [0.25, 0.3) is 0 Å². The summed E-state index contributed by atoms with van der Waals surface area (Å²) in [5.41, 5.74) is 2.27. The predicted octanol–water partition coefficient (Wildman–Crippen LogP) is 3.77. The van der Waals surface area contributed by atoms with Crippen LogP contribution in [0.1, 0.15) is 89.2 Å². The van der Waals surface area contributed by atoms with Crippen molar-refractivity contribution in [1.82, 2.24) is 0 Å². The average Bonchev–Trinajstić information content (AvgIpc) is 2.66. The molecule has 0 bridgehead atoms. The molecule has 0 aromatic heterocycles. The van der Waals surface area contributed by atoms with E-state index in [1.165, 1.54) is 57.4 Å². The number of hydrogen-bond donors (Lipinski definition) is 0. The first-order valence-corrected chi connectivity index (χ1v) is 12.4. The summed E-state index contributed by atoms with van der Waals surface area (Å²) in [4.78, 5) is -0.0786. The molecule has 0 radical (unpaired) electrons. The third kappa shape index (κ3) is 8.70. The predicted molar refractivity (Wildman–Crippen MR) is 117 cm³/mol. The van der Waals surface area contributed by atoms with Gasteiger partial charge in [0.15, 0.2) is 0 Å². The van der Waals surface area contributed by atoms with Gasteiger partial charge in [-0.3, -0.25) is 0 Å². The minimum absolute atomic E-state index is 0. The molecule has 5 heteroatoms. The fourth-order valence-corrected chi connectivity index (χ4v) is 4.55. The third-order valence-corrected chi connectivity index (χ3v) is 6.41. The van der Waals surface area contributed by atoms with E-state index in [4.69, 9.17) is 0 Å². The molecule has 0 aliphatic heterocycles. The van der Waals surface area contributed by atoms with Crippen molar-refractivity contribution >= 4 is 20.9 Å². The van der Waals surface area contributed by atoms with Gasteiger partial charge < -0.3 is 4.55 Å². The zero-order valence-corrected chi connectivity index (χ0v) is 21.3. The number of benzene rings is 2. The zero-order chi connectivity index (χ0) is 20.4. The normalized spacial score (nSPS) is 11.6. The van der Waals surface area contributed by atoms with E-state index in [1.54, 1.807) is 0 Å². The second-order valence-electron chi connectivity index (χ2n) is 7.89. The van der Waals surface area contributed by atoms with Crippen LogP contribution in [0.15, 0.2) is 35.2 Å². The van der Waals surface area contributed by atoms with Gasteiger partial charge in [-0.1, -0.05) is 83.4 Å². The second-order valence-corrected chi connectivity index (χ2v) is 9.23. The molecular weight excluding hydrogens is 391 g/mol. The molecule has 0 saturated carbocycles. The third-order valence-electron chi connectivity index (χ3n) is 5.52. The van der Waals surface area contributed by atoms with Crippen molar-refractivity contribution in [2.24, 2.45) is 0 Å². The van der Waals surface area contributed by atoms with Gasteiger partial charge in [-0.15, -0.1) is 0 Å². The van der Waals surface area contributed by atoms with E-state index < -0.39 is 10.1 Å². The van der Waals surface area contributed by atoms with E-state index in [2.05, 4.69) is 19.9 Å². The molecule has 2 rings (SSSR count). The fourth-order valence-electron chi connectivity index (χ4n) is 3.87. The number of aryl methyl sites for hydroxylation is 2. The topological polar surface area (TPSA) is 57.2 Å². The van der Waals surface area contributed by atoms with Crippen LogP contribution in [0.4, 0.5) is 0 Å². The molecule has 2 aromatic carbocycles. The minimum atomic E-state index is -4.48. The smallest absolute Gasteiger partial charge is 0.744 e. The first kappa shape index (κ1) is 26.6. The van der Waals surface area contributed by atoms with E-state index in [9.17, 15) is 13.0 Å². The van der Waals surface area contributed by atoms with Gasteiger partial charge in [-0.2, -0.15) is 0 Å². The van der Waals surface area contributed by atoms with Crippen molar-refractivity contribution < 1.29 is 42.5 Å². The van der Waals surface area contributed by atoms with Crippen LogP contribution < -0.4 is 29.6 Å². The van der Waals surface area contributed by atoms with Gasteiger partial charge in [0.2, 0.25) is 0 Å². The summed E-state index contributed by atoms with van der Waals surface area (Å²) < 4.78 is 35.3. The van der Waals surface area contributed by atoms with Crippen molar-refractivity contribution in [3.63, 3.8) is 0 Å². The Morgan fingerprint density at radius 1 is 0.724 bits per heavy atom. The Balaban J connectivity index is 0.00000420. The Labute approximate surface area is 199 Å². The number of rotatable bonds is 13. The molecule has 3 nitrogen and oxygen atoms in total. The first-order valence-electron chi connectivity index (χ1n) is 11.0. The number of fused-ring (bicyclic) bond motifs is 1. The Morgan fingerprint density at radius 2 is 1.31 bits per heavy atom. The minimum Gasteiger partial charge on any atom is -0.744 e. The van der Waals surface area contributed by atoms with Crippen LogP contribution in [0.3, 0.4) is 0 Å². The van der Waals surface area contributed by atoms with Crippen molar-refractivity contribution in [2.45, 2.75) is 95.8 Å². The van der Waals surface area contributed by atoms with Crippen LogP contribution in [0.25, 0.3) is 10.8 Å². The molecule has 29 heavy (non-hydrogen) atoms. The molecule has 0 fully saturated rings. The van der Waals surface area contributed by atoms with Crippen molar-refractivity contribution in [2.75, 3.05) is 0 Å². The number of unbranched alkanes of at least 4 members (excludes halogenated alkanes) is 8. The monoisotopic (exact) mass is 426 g/mol. The molecule has 0 unspecified atom stereocenters. The number of hydrogen-bond acceptors (Lipinski definition) is 3. The molecule has 0 saturated heterocycles. The van der Waals surface area contributed by atoms with E-state index in [0.717, 1.165) is 42.2 Å². The quantitative estimate of drug-likeness (QED) is 0.278. The van der Waals surface area contributed by atoms with Gasteiger partial charge in [-0.05, 0) is 59.7 Å². The van der Waals surface area contributed by atoms with Crippen LogP contribution in [0, 0.1) is 0 Å². The largest absolute Gasteiger partial charge is 1.00 e. The summed E-state index contributed by atoms with van der Waals surface area (Å²) in [6, 6.07) is 9.39. The maximum atomic E-state index is 11.8. The van der Waals surface area contributed by atoms with Gasteiger partial charge in [-0.25, -0.2) is 8.42 Å². The van der Waals surface area contributed by atoms with E-state index in [0.29, 0.717) is 5.39 Å². The zero-order valence-electron chi connectivity index (χ0n) is 18.5. The Morgan fingerprint density at radius 3 is 1.90 bits per heavy atom. The summed E-state index contributed by atoms with van der Waals surface area (Å²) in [5.74, 6) is 0. The fraction of sp³-hybridized carbons (Fsp3) is 0.583. The summed E-state index contributed by atoms with van der Waals surface area (Å²) in [7, 11) is -4.48. The second kappa shape index (κ2) is 13.8. The average molecular weight is 427 g/mol. The van der Waals surface area contributed by atoms with Crippen LogP contribution in [-0.4, -0.2) is 13.0 Å². The molecular formula is C24H35NaO3S. The van der Waals surface area contributed by atoms with Crippen molar-refractivity contribution in [3.05, 3.63) is 41.5 Å². The van der Waals surface area contributed by atoms with Crippen molar-refractivity contribution in [3.8, 4) is 0 Å². The van der Waals surface area contributed by atoms with Crippen LogP contribution >= 0.6 is 0 Å². The molecule has 0 atom stereocenters. The Hall–Kier alpha value is -0.390. The van der Waals surface area contributed by atoms with Crippen LogP contribution in [0.5, 0.6) is 0 Å². The molecule has 0 spiro atoms. The summed E-state index contributed by atoms with van der Waals surface area (Å²) in [6.07, 6.45) is 13.9. The van der Waals surface area contributed by atoms with E-state index in [-0.39, 0.29) is 34.5 Å². The summed E-state index contributed by atoms with van der Waals surface area (Å²) in [5, 5.41) is 1.52.